The normalized spacial score (nSPS) is 13.7. The van der Waals surface area contributed by atoms with Crippen molar-refractivity contribution in [2.45, 2.75) is 37.8 Å². The molecule has 1 aromatic rings. The maximum Gasteiger partial charge on any atom is 0.325 e. The third-order valence-corrected chi connectivity index (χ3v) is 4.89. The fraction of sp³-hybridized carbons (Fsp3) is 0.400. The van der Waals surface area contributed by atoms with Crippen molar-refractivity contribution in [3.63, 3.8) is 0 Å². The number of rotatable bonds is 7. The summed E-state index contributed by atoms with van der Waals surface area (Å²) in [4.78, 5) is 34.4. The first-order chi connectivity index (χ1) is 11.9. The molecular weight excluding hydrogens is 386 g/mol. The van der Waals surface area contributed by atoms with Crippen LogP contribution in [0, 0.1) is 5.92 Å². The molecule has 26 heavy (non-hydrogen) atoms. The van der Waals surface area contributed by atoms with Crippen LogP contribution in [0.4, 0.5) is 4.79 Å². The molecular formula is C15H20ClN3O6S. The second-order valence-electron chi connectivity index (χ2n) is 5.73. The first-order valence-corrected chi connectivity index (χ1v) is 9.39. The standard InChI is InChI=1S/C15H20ClN3O6S/c1-8(2)12(14(21)25-9(3)13(20)18-15(17)22)19-26(23,24)11-6-4-5-10(16)7-11/h4-9,12,19H,1-3H3,(H3,17,18,20,22)/t9-,12-/m1/s1. The Morgan fingerprint density at radius 2 is 1.81 bits per heavy atom. The van der Waals surface area contributed by atoms with Crippen LogP contribution in [-0.4, -0.2) is 38.5 Å². The number of carbonyl (C=O) groups excluding carboxylic acids is 3. The van der Waals surface area contributed by atoms with Gasteiger partial charge in [-0.05, 0) is 31.0 Å². The van der Waals surface area contributed by atoms with Gasteiger partial charge in [-0.15, -0.1) is 0 Å². The second kappa shape index (κ2) is 8.97. The fourth-order valence-electron chi connectivity index (χ4n) is 1.85. The van der Waals surface area contributed by atoms with Gasteiger partial charge in [0.1, 0.15) is 6.04 Å². The third kappa shape index (κ3) is 6.28. The molecule has 3 amide bonds. The quantitative estimate of drug-likeness (QED) is 0.571. The summed E-state index contributed by atoms with van der Waals surface area (Å²) in [5.41, 5.74) is 4.82. The first kappa shape index (κ1) is 21.9. The van der Waals surface area contributed by atoms with Gasteiger partial charge in [-0.3, -0.25) is 14.9 Å². The maximum atomic E-state index is 12.5. The Hall–Kier alpha value is -2.17. The van der Waals surface area contributed by atoms with E-state index in [1.807, 2.05) is 0 Å². The van der Waals surface area contributed by atoms with E-state index in [9.17, 15) is 22.8 Å². The summed E-state index contributed by atoms with van der Waals surface area (Å²) < 4.78 is 32.1. The van der Waals surface area contributed by atoms with Crippen molar-refractivity contribution in [3.05, 3.63) is 29.3 Å². The molecule has 0 saturated carbocycles. The molecule has 0 spiro atoms. The van der Waals surface area contributed by atoms with Gasteiger partial charge in [0.25, 0.3) is 5.91 Å². The Morgan fingerprint density at radius 1 is 1.19 bits per heavy atom. The summed E-state index contributed by atoms with van der Waals surface area (Å²) in [5, 5.41) is 1.98. The molecule has 4 N–H and O–H groups in total. The summed E-state index contributed by atoms with van der Waals surface area (Å²) in [6, 6.07) is 3.15. The van der Waals surface area contributed by atoms with E-state index < -0.39 is 46.0 Å². The van der Waals surface area contributed by atoms with E-state index in [-0.39, 0.29) is 9.92 Å². The molecule has 0 aliphatic rings. The minimum Gasteiger partial charge on any atom is -0.451 e. The molecule has 0 radical (unpaired) electrons. The molecule has 1 rings (SSSR count). The molecule has 2 atom stereocenters. The summed E-state index contributed by atoms with van der Waals surface area (Å²) in [7, 11) is -4.06. The molecule has 144 valence electrons. The Kier molecular flexibility index (Phi) is 7.54. The number of carbonyl (C=O) groups is 3. The van der Waals surface area contributed by atoms with Crippen molar-refractivity contribution < 1.29 is 27.5 Å². The van der Waals surface area contributed by atoms with Gasteiger partial charge < -0.3 is 10.5 Å². The van der Waals surface area contributed by atoms with E-state index in [0.717, 1.165) is 0 Å². The molecule has 0 heterocycles. The highest BCUT2D eigenvalue weighted by atomic mass is 35.5. The van der Waals surface area contributed by atoms with Crippen LogP contribution in [-0.2, 0) is 24.3 Å². The maximum absolute atomic E-state index is 12.5. The van der Waals surface area contributed by atoms with Crippen molar-refractivity contribution in [1.82, 2.24) is 10.0 Å². The minimum atomic E-state index is -4.06. The van der Waals surface area contributed by atoms with Crippen LogP contribution in [0.2, 0.25) is 5.02 Å². The van der Waals surface area contributed by atoms with E-state index in [1.54, 1.807) is 19.2 Å². The number of imide groups is 1. The Balaban J connectivity index is 2.93. The van der Waals surface area contributed by atoms with E-state index >= 15 is 0 Å². The van der Waals surface area contributed by atoms with Gasteiger partial charge in [-0.2, -0.15) is 4.72 Å². The minimum absolute atomic E-state index is 0.122. The first-order valence-electron chi connectivity index (χ1n) is 7.52. The molecule has 0 aliphatic carbocycles. The number of nitrogens with one attached hydrogen (secondary N) is 2. The highest BCUT2D eigenvalue weighted by Gasteiger charge is 2.32. The monoisotopic (exact) mass is 405 g/mol. The average Bonchev–Trinajstić information content (AvgIpc) is 2.51. The molecule has 0 unspecified atom stereocenters. The number of benzene rings is 1. The van der Waals surface area contributed by atoms with Gasteiger partial charge >= 0.3 is 12.0 Å². The van der Waals surface area contributed by atoms with Crippen LogP contribution in [0.1, 0.15) is 20.8 Å². The van der Waals surface area contributed by atoms with Gasteiger partial charge in [-0.25, -0.2) is 13.2 Å². The summed E-state index contributed by atoms with van der Waals surface area (Å²) in [5.74, 6) is -2.38. The van der Waals surface area contributed by atoms with Crippen LogP contribution in [0.25, 0.3) is 0 Å². The number of amides is 3. The number of urea groups is 1. The Morgan fingerprint density at radius 3 is 2.31 bits per heavy atom. The van der Waals surface area contributed by atoms with Gasteiger partial charge in [-0.1, -0.05) is 31.5 Å². The van der Waals surface area contributed by atoms with Crippen LogP contribution in [0.5, 0.6) is 0 Å². The molecule has 9 nitrogen and oxygen atoms in total. The molecule has 1 aromatic carbocycles. The molecule has 11 heteroatoms. The predicted molar refractivity (Wildman–Crippen MR) is 93.7 cm³/mol. The van der Waals surface area contributed by atoms with Gasteiger partial charge in [0.15, 0.2) is 6.10 Å². The molecule has 0 saturated heterocycles. The zero-order valence-corrected chi connectivity index (χ0v) is 15.9. The van der Waals surface area contributed by atoms with Gasteiger partial charge in [0, 0.05) is 5.02 Å². The second-order valence-corrected chi connectivity index (χ2v) is 7.88. The van der Waals surface area contributed by atoms with Crippen molar-refractivity contribution in [3.8, 4) is 0 Å². The van der Waals surface area contributed by atoms with Crippen LogP contribution >= 0.6 is 11.6 Å². The Bertz CT molecular complexity index is 796. The van der Waals surface area contributed by atoms with Crippen molar-refractivity contribution in [1.29, 1.82) is 0 Å². The van der Waals surface area contributed by atoms with Crippen LogP contribution in [0.3, 0.4) is 0 Å². The lowest BCUT2D eigenvalue weighted by atomic mass is 10.1. The van der Waals surface area contributed by atoms with E-state index in [4.69, 9.17) is 22.1 Å². The van der Waals surface area contributed by atoms with E-state index in [1.165, 1.54) is 31.2 Å². The lowest BCUT2D eigenvalue weighted by Crippen LogP contribution is -2.48. The fourth-order valence-corrected chi connectivity index (χ4v) is 3.48. The number of primary amides is 1. The average molecular weight is 406 g/mol. The van der Waals surface area contributed by atoms with Gasteiger partial charge in [0.2, 0.25) is 10.0 Å². The van der Waals surface area contributed by atoms with Gasteiger partial charge in [0.05, 0.1) is 4.90 Å². The zero-order chi connectivity index (χ0) is 20.1. The lowest BCUT2D eigenvalue weighted by Gasteiger charge is -2.22. The van der Waals surface area contributed by atoms with Crippen molar-refractivity contribution in [2.24, 2.45) is 11.7 Å². The summed E-state index contributed by atoms with van der Waals surface area (Å²) >= 11 is 5.79. The number of halogens is 1. The van der Waals surface area contributed by atoms with Crippen LogP contribution < -0.4 is 15.8 Å². The number of hydrogen-bond donors (Lipinski definition) is 3. The van der Waals surface area contributed by atoms with E-state index in [0.29, 0.717) is 0 Å². The van der Waals surface area contributed by atoms with E-state index in [2.05, 4.69) is 4.72 Å². The number of hydrogen-bond acceptors (Lipinski definition) is 6. The van der Waals surface area contributed by atoms with Crippen molar-refractivity contribution >= 4 is 39.5 Å². The number of esters is 1. The predicted octanol–water partition coefficient (Wildman–Crippen LogP) is 0.770. The molecule has 0 aliphatic heterocycles. The number of nitrogens with two attached hydrogens (primary N) is 1. The molecule has 0 aromatic heterocycles. The lowest BCUT2D eigenvalue weighted by molar-refractivity contribution is -0.157. The smallest absolute Gasteiger partial charge is 0.325 e. The largest absolute Gasteiger partial charge is 0.451 e. The summed E-state index contributed by atoms with van der Waals surface area (Å²) in [6.07, 6.45) is -1.34. The zero-order valence-electron chi connectivity index (χ0n) is 14.4. The highest BCUT2D eigenvalue weighted by molar-refractivity contribution is 7.89. The topological polar surface area (TPSA) is 145 Å². The highest BCUT2D eigenvalue weighted by Crippen LogP contribution is 2.17. The Labute approximate surface area is 156 Å². The molecule has 0 bridgehead atoms. The SMILES string of the molecule is CC(C)[C@@H](NS(=O)(=O)c1cccc(Cl)c1)C(=O)O[C@H](C)C(=O)NC(N)=O. The number of ether oxygens (including phenoxy) is 1. The van der Waals surface area contributed by atoms with Crippen LogP contribution in [0.15, 0.2) is 29.2 Å². The third-order valence-electron chi connectivity index (χ3n) is 3.22. The molecule has 0 fully saturated rings. The summed E-state index contributed by atoms with van der Waals surface area (Å²) in [6.45, 7) is 4.42. The van der Waals surface area contributed by atoms with Crippen molar-refractivity contribution in [2.75, 3.05) is 0 Å². The number of sulfonamides is 1.